The highest BCUT2D eigenvalue weighted by Crippen LogP contribution is 2.24. The van der Waals surface area contributed by atoms with Gasteiger partial charge in [0.05, 0.1) is 0 Å². The van der Waals surface area contributed by atoms with Crippen molar-refractivity contribution in [3.63, 3.8) is 0 Å². The maximum Gasteiger partial charge on any atom is 0.150 e. The normalized spacial score (nSPS) is 10.4. The van der Waals surface area contributed by atoms with Crippen molar-refractivity contribution in [2.75, 3.05) is 0 Å². The van der Waals surface area contributed by atoms with Gasteiger partial charge in [-0.2, -0.15) is 0 Å². The minimum absolute atomic E-state index is 0.764. The number of aldehydes is 1. The summed E-state index contributed by atoms with van der Waals surface area (Å²) in [6.45, 7) is 1.97. The molecule has 0 spiro atoms. The Balaban J connectivity index is 2.83. The summed E-state index contributed by atoms with van der Waals surface area (Å²) in [6, 6.07) is 9.90. The Morgan fingerprint density at radius 2 is 2.00 bits per heavy atom. The van der Waals surface area contributed by atoms with Crippen LogP contribution in [0.1, 0.15) is 15.9 Å². The number of hydrogen-bond donors (Lipinski definition) is 0. The first-order chi connectivity index (χ1) is 6.72. The molecule has 70 valence electrons. The second-order valence-corrected chi connectivity index (χ2v) is 4.18. The zero-order chi connectivity index (χ0) is 10.1. The minimum Gasteiger partial charge on any atom is -0.298 e. The van der Waals surface area contributed by atoms with Gasteiger partial charge in [-0.15, -0.1) is 0 Å². The van der Waals surface area contributed by atoms with Gasteiger partial charge < -0.3 is 0 Å². The maximum atomic E-state index is 10.7. The van der Waals surface area contributed by atoms with Crippen LogP contribution in [0.25, 0.3) is 10.8 Å². The van der Waals surface area contributed by atoms with Crippen molar-refractivity contribution in [3.8, 4) is 0 Å². The Morgan fingerprint density at radius 3 is 2.71 bits per heavy atom. The van der Waals surface area contributed by atoms with Crippen molar-refractivity contribution < 1.29 is 4.79 Å². The molecule has 14 heavy (non-hydrogen) atoms. The molecule has 0 saturated carbocycles. The molecule has 0 aliphatic carbocycles. The molecule has 0 aliphatic heterocycles. The molecule has 1 nitrogen and oxygen atoms in total. The van der Waals surface area contributed by atoms with Gasteiger partial charge in [-0.25, -0.2) is 0 Å². The lowest BCUT2D eigenvalue weighted by molar-refractivity contribution is 0.112. The fraction of sp³-hybridized carbons (Fsp3) is 0.0833. The van der Waals surface area contributed by atoms with Gasteiger partial charge in [0.25, 0.3) is 0 Å². The monoisotopic (exact) mass is 248 g/mol. The van der Waals surface area contributed by atoms with Gasteiger partial charge in [0.15, 0.2) is 0 Å². The summed E-state index contributed by atoms with van der Waals surface area (Å²) in [7, 11) is 0. The van der Waals surface area contributed by atoms with E-state index in [-0.39, 0.29) is 0 Å². The van der Waals surface area contributed by atoms with Crippen LogP contribution in [0.5, 0.6) is 0 Å². The van der Waals surface area contributed by atoms with E-state index in [4.69, 9.17) is 0 Å². The Bertz CT molecular complexity index is 503. The standard InChI is InChI=1S/C12H9BrO/c1-8-10(7-14)3-2-9-6-11(13)4-5-12(8)9/h2-7H,1H3. The topological polar surface area (TPSA) is 17.1 Å². The zero-order valence-corrected chi connectivity index (χ0v) is 9.34. The van der Waals surface area contributed by atoms with Crippen LogP contribution in [0, 0.1) is 6.92 Å². The van der Waals surface area contributed by atoms with Gasteiger partial charge in [-0.1, -0.05) is 34.1 Å². The molecule has 2 aromatic carbocycles. The lowest BCUT2D eigenvalue weighted by Gasteiger charge is -2.04. The third-order valence-corrected chi connectivity index (χ3v) is 2.91. The van der Waals surface area contributed by atoms with E-state index >= 15 is 0 Å². The summed E-state index contributed by atoms with van der Waals surface area (Å²) in [4.78, 5) is 10.7. The summed E-state index contributed by atoms with van der Waals surface area (Å²) >= 11 is 3.42. The van der Waals surface area contributed by atoms with Gasteiger partial charge in [-0.05, 0) is 35.4 Å². The van der Waals surface area contributed by atoms with Crippen molar-refractivity contribution in [2.45, 2.75) is 6.92 Å². The van der Waals surface area contributed by atoms with E-state index < -0.39 is 0 Å². The number of hydrogen-bond acceptors (Lipinski definition) is 1. The Hall–Kier alpha value is -1.15. The first kappa shape index (κ1) is 9.41. The van der Waals surface area contributed by atoms with Crippen LogP contribution in [0.15, 0.2) is 34.8 Å². The van der Waals surface area contributed by atoms with Gasteiger partial charge >= 0.3 is 0 Å². The molecule has 0 bridgehead atoms. The third kappa shape index (κ3) is 1.46. The fourth-order valence-electron chi connectivity index (χ4n) is 1.60. The van der Waals surface area contributed by atoms with Crippen LogP contribution in [-0.4, -0.2) is 6.29 Å². The molecule has 2 aromatic rings. The number of carbonyl (C=O) groups is 1. The van der Waals surface area contributed by atoms with Crippen LogP contribution >= 0.6 is 15.9 Å². The molecule has 0 atom stereocenters. The predicted octanol–water partition coefficient (Wildman–Crippen LogP) is 3.72. The van der Waals surface area contributed by atoms with E-state index in [9.17, 15) is 4.79 Å². The number of fused-ring (bicyclic) bond motifs is 1. The van der Waals surface area contributed by atoms with E-state index in [0.717, 1.165) is 32.7 Å². The van der Waals surface area contributed by atoms with E-state index in [1.807, 2.05) is 31.2 Å². The van der Waals surface area contributed by atoms with Gasteiger partial charge in [0, 0.05) is 10.0 Å². The van der Waals surface area contributed by atoms with Crippen molar-refractivity contribution in [3.05, 3.63) is 45.9 Å². The summed E-state index contributed by atoms with van der Waals surface area (Å²) < 4.78 is 1.06. The summed E-state index contributed by atoms with van der Waals surface area (Å²) in [6.07, 6.45) is 0.900. The highest BCUT2D eigenvalue weighted by molar-refractivity contribution is 9.10. The first-order valence-corrected chi connectivity index (χ1v) is 5.16. The van der Waals surface area contributed by atoms with E-state index in [2.05, 4.69) is 22.0 Å². The molecule has 2 heteroatoms. The van der Waals surface area contributed by atoms with Crippen LogP contribution in [0.3, 0.4) is 0 Å². The zero-order valence-electron chi connectivity index (χ0n) is 7.75. The molecule has 0 heterocycles. The minimum atomic E-state index is 0.764. The number of benzene rings is 2. The molecular weight excluding hydrogens is 240 g/mol. The van der Waals surface area contributed by atoms with Crippen LogP contribution in [0.4, 0.5) is 0 Å². The van der Waals surface area contributed by atoms with Crippen molar-refractivity contribution in [2.24, 2.45) is 0 Å². The lowest BCUT2D eigenvalue weighted by atomic mass is 10.0. The smallest absolute Gasteiger partial charge is 0.150 e. The van der Waals surface area contributed by atoms with Gasteiger partial charge in [0.1, 0.15) is 6.29 Å². The van der Waals surface area contributed by atoms with Crippen molar-refractivity contribution in [1.29, 1.82) is 0 Å². The average molecular weight is 249 g/mol. The van der Waals surface area contributed by atoms with Crippen LogP contribution < -0.4 is 0 Å². The molecule has 0 fully saturated rings. The second-order valence-electron chi connectivity index (χ2n) is 3.26. The molecule has 2 rings (SSSR count). The van der Waals surface area contributed by atoms with Crippen molar-refractivity contribution in [1.82, 2.24) is 0 Å². The summed E-state index contributed by atoms with van der Waals surface area (Å²) in [5.41, 5.74) is 1.81. The third-order valence-electron chi connectivity index (χ3n) is 2.42. The molecule has 0 aromatic heterocycles. The molecular formula is C12H9BrO. The molecule has 0 aliphatic rings. The van der Waals surface area contributed by atoms with Crippen molar-refractivity contribution >= 4 is 33.0 Å². The van der Waals surface area contributed by atoms with E-state index in [0.29, 0.717) is 0 Å². The number of carbonyl (C=O) groups excluding carboxylic acids is 1. The molecule has 0 radical (unpaired) electrons. The Morgan fingerprint density at radius 1 is 1.21 bits per heavy atom. The van der Waals surface area contributed by atoms with Crippen LogP contribution in [0.2, 0.25) is 0 Å². The maximum absolute atomic E-state index is 10.7. The van der Waals surface area contributed by atoms with Gasteiger partial charge in [0.2, 0.25) is 0 Å². The number of halogens is 1. The first-order valence-electron chi connectivity index (χ1n) is 4.36. The number of aryl methyl sites for hydroxylation is 1. The highest BCUT2D eigenvalue weighted by Gasteiger charge is 2.02. The van der Waals surface area contributed by atoms with E-state index in [1.54, 1.807) is 0 Å². The number of rotatable bonds is 1. The average Bonchev–Trinajstić information content (AvgIpc) is 2.18. The van der Waals surface area contributed by atoms with E-state index in [1.165, 1.54) is 0 Å². The molecule has 0 saturated heterocycles. The largest absolute Gasteiger partial charge is 0.298 e. The SMILES string of the molecule is Cc1c(C=O)ccc2cc(Br)ccc12. The second kappa shape index (κ2) is 3.54. The summed E-state index contributed by atoms with van der Waals surface area (Å²) in [5.74, 6) is 0. The lowest BCUT2D eigenvalue weighted by Crippen LogP contribution is -1.87. The molecule has 0 unspecified atom stereocenters. The Labute approximate surface area is 90.9 Å². The summed E-state index contributed by atoms with van der Waals surface area (Å²) in [5, 5.41) is 2.29. The van der Waals surface area contributed by atoms with Gasteiger partial charge in [-0.3, -0.25) is 4.79 Å². The predicted molar refractivity (Wildman–Crippen MR) is 61.8 cm³/mol. The Kier molecular flexibility index (Phi) is 2.38. The quantitative estimate of drug-likeness (QED) is 0.704. The highest BCUT2D eigenvalue weighted by atomic mass is 79.9. The van der Waals surface area contributed by atoms with Crippen LogP contribution in [-0.2, 0) is 0 Å². The fourth-order valence-corrected chi connectivity index (χ4v) is 1.98. The molecule has 0 N–H and O–H groups in total. The molecule has 0 amide bonds.